The van der Waals surface area contributed by atoms with Gasteiger partial charge in [0.15, 0.2) is 20.3 Å². The summed E-state index contributed by atoms with van der Waals surface area (Å²) in [5.41, 5.74) is 0. The summed E-state index contributed by atoms with van der Waals surface area (Å²) in [6.07, 6.45) is -0.839. The number of rotatable bonds is 5. The standard InChI is InChI=1S/C5H15NO7P2.Ca/c1-6(2)4-3-5(7,14(8,9)10)15(11,12)13;/h7H,3-4H2,1-2H3,(H2,8,9,10)(H2,11,12,13);/q;+2/p-2. The van der Waals surface area contributed by atoms with E-state index in [4.69, 9.17) is 9.79 Å². The van der Waals surface area contributed by atoms with Crippen molar-refractivity contribution in [2.24, 2.45) is 0 Å². The Bertz CT molecular complexity index is 288. The second kappa shape index (κ2) is 6.59. The third-order valence-corrected chi connectivity index (χ3v) is 5.57. The molecule has 0 saturated heterocycles. The molecule has 0 radical (unpaired) electrons. The molecule has 0 bridgehead atoms. The van der Waals surface area contributed by atoms with Crippen LogP contribution in [-0.2, 0) is 9.13 Å². The fraction of sp³-hybridized carbons (Fsp3) is 1.00. The maximum Gasteiger partial charge on any atom is 2.00 e. The van der Waals surface area contributed by atoms with Crippen LogP contribution in [0, 0.1) is 0 Å². The second-order valence-electron chi connectivity index (χ2n) is 3.37. The molecule has 0 amide bonds. The molecule has 8 nitrogen and oxygen atoms in total. The van der Waals surface area contributed by atoms with Gasteiger partial charge in [-0.1, -0.05) is 0 Å². The Morgan fingerprint density at radius 2 is 1.50 bits per heavy atom. The van der Waals surface area contributed by atoms with E-state index in [0.29, 0.717) is 0 Å². The normalized spacial score (nSPS) is 22.8. The maximum atomic E-state index is 10.7. The van der Waals surface area contributed by atoms with Gasteiger partial charge in [-0.05, 0) is 14.1 Å². The van der Waals surface area contributed by atoms with Gasteiger partial charge < -0.3 is 38.7 Å². The molecule has 2 atom stereocenters. The number of hydrogen-bond acceptors (Lipinski definition) is 6. The van der Waals surface area contributed by atoms with Crippen LogP contribution >= 0.6 is 15.2 Å². The molecule has 0 aliphatic heterocycles. The fourth-order valence-corrected chi connectivity index (χ4v) is 2.86. The molecule has 0 saturated carbocycles. The fourth-order valence-electron chi connectivity index (χ4n) is 0.816. The molecule has 92 valence electrons. The van der Waals surface area contributed by atoms with Crippen LogP contribution in [0.2, 0.25) is 0 Å². The molecule has 0 rings (SSSR count). The van der Waals surface area contributed by atoms with E-state index in [-0.39, 0.29) is 44.3 Å². The van der Waals surface area contributed by atoms with Gasteiger partial charge in [0.2, 0.25) is 0 Å². The minimum Gasteiger partial charge on any atom is -0.776 e. The quantitative estimate of drug-likeness (QED) is 0.367. The summed E-state index contributed by atoms with van der Waals surface area (Å²) >= 11 is 0. The van der Waals surface area contributed by atoms with Gasteiger partial charge in [0.1, 0.15) is 0 Å². The first-order valence-corrected chi connectivity index (χ1v) is 7.02. The number of nitrogens with zero attached hydrogens (tertiary/aromatic N) is 1. The average molecular weight is 301 g/mol. The van der Waals surface area contributed by atoms with Crippen LogP contribution in [0.15, 0.2) is 0 Å². The van der Waals surface area contributed by atoms with Gasteiger partial charge in [-0.25, -0.2) is 0 Å². The second-order valence-corrected chi connectivity index (χ2v) is 7.28. The topological polar surface area (TPSA) is 144 Å². The van der Waals surface area contributed by atoms with E-state index >= 15 is 0 Å². The van der Waals surface area contributed by atoms with Crippen LogP contribution in [0.25, 0.3) is 0 Å². The van der Waals surface area contributed by atoms with Gasteiger partial charge >= 0.3 is 37.7 Å². The van der Waals surface area contributed by atoms with Gasteiger partial charge in [0, 0.05) is 13.0 Å². The van der Waals surface area contributed by atoms with Crippen molar-refractivity contribution in [1.29, 1.82) is 0 Å². The Balaban J connectivity index is 0. The summed E-state index contributed by atoms with van der Waals surface area (Å²) in [6.45, 7) is -0.143. The molecule has 16 heavy (non-hydrogen) atoms. The largest absolute Gasteiger partial charge is 2.00 e. The van der Waals surface area contributed by atoms with E-state index in [1.54, 1.807) is 0 Å². The van der Waals surface area contributed by atoms with E-state index in [9.17, 15) is 24.0 Å². The first-order valence-electron chi connectivity index (χ1n) is 3.87. The molecule has 11 heteroatoms. The van der Waals surface area contributed by atoms with Crippen molar-refractivity contribution in [3.8, 4) is 0 Å². The minimum absolute atomic E-state index is 0. The van der Waals surface area contributed by atoms with Crippen molar-refractivity contribution in [1.82, 2.24) is 4.90 Å². The van der Waals surface area contributed by atoms with Crippen molar-refractivity contribution in [2.75, 3.05) is 20.6 Å². The third-order valence-electron chi connectivity index (χ3n) is 1.80. The molecule has 0 fully saturated rings. The van der Waals surface area contributed by atoms with Crippen molar-refractivity contribution >= 4 is 52.9 Å². The van der Waals surface area contributed by atoms with Crippen LogP contribution in [0.1, 0.15) is 6.42 Å². The van der Waals surface area contributed by atoms with Crippen LogP contribution in [-0.4, -0.2) is 83.3 Å². The monoisotopic (exact) mass is 301 g/mol. The molecule has 0 spiro atoms. The Kier molecular flexibility index (Phi) is 8.16. The van der Waals surface area contributed by atoms with Crippen LogP contribution in [0.5, 0.6) is 0 Å². The van der Waals surface area contributed by atoms with E-state index < -0.39 is 26.7 Å². The van der Waals surface area contributed by atoms with Gasteiger partial charge in [-0.3, -0.25) is 0 Å². The van der Waals surface area contributed by atoms with Gasteiger partial charge in [-0.2, -0.15) is 0 Å². The molecule has 0 aromatic rings. The summed E-state index contributed by atoms with van der Waals surface area (Å²) in [5, 5.41) is 5.73. The van der Waals surface area contributed by atoms with Crippen molar-refractivity contribution in [3.05, 3.63) is 0 Å². The predicted molar refractivity (Wildman–Crippen MR) is 53.5 cm³/mol. The van der Waals surface area contributed by atoms with E-state index in [1.807, 2.05) is 0 Å². The molecule has 0 aromatic heterocycles. The van der Waals surface area contributed by atoms with Gasteiger partial charge in [0.05, 0.1) is 0 Å². The Labute approximate surface area is 123 Å². The Morgan fingerprint density at radius 3 is 1.69 bits per heavy atom. The van der Waals surface area contributed by atoms with Crippen molar-refractivity contribution in [2.45, 2.75) is 11.5 Å². The summed E-state index contributed by atoms with van der Waals surface area (Å²) in [6, 6.07) is 0. The molecule has 0 heterocycles. The zero-order valence-electron chi connectivity index (χ0n) is 8.94. The number of hydrogen-bond donors (Lipinski definition) is 3. The minimum atomic E-state index is -5.61. The van der Waals surface area contributed by atoms with Crippen LogP contribution in [0.4, 0.5) is 0 Å². The molecular weight excluding hydrogens is 288 g/mol. The summed E-state index contributed by atoms with van der Waals surface area (Å²) in [5.74, 6) is 0. The van der Waals surface area contributed by atoms with Gasteiger partial charge in [-0.15, -0.1) is 0 Å². The zero-order valence-corrected chi connectivity index (χ0v) is 12.9. The van der Waals surface area contributed by atoms with E-state index in [1.165, 1.54) is 19.0 Å². The molecular formula is C5H13CaNO7P2. The molecule has 3 N–H and O–H groups in total. The summed E-state index contributed by atoms with van der Waals surface area (Å²) in [7, 11) is -8.22. The van der Waals surface area contributed by atoms with Crippen LogP contribution in [0.3, 0.4) is 0 Å². The maximum absolute atomic E-state index is 10.7. The molecule has 0 aliphatic carbocycles. The van der Waals surface area contributed by atoms with E-state index in [2.05, 4.69) is 0 Å². The summed E-state index contributed by atoms with van der Waals surface area (Å²) in [4.78, 5) is 39.9. The van der Waals surface area contributed by atoms with Gasteiger partial charge in [0.25, 0.3) is 0 Å². The predicted octanol–water partition coefficient (Wildman–Crippen LogP) is -2.71. The first-order chi connectivity index (χ1) is 6.42. The Morgan fingerprint density at radius 1 is 1.19 bits per heavy atom. The average Bonchev–Trinajstić information content (AvgIpc) is 1.95. The Hall–Kier alpha value is 1.48. The first kappa shape index (κ1) is 19.8. The summed E-state index contributed by atoms with van der Waals surface area (Å²) < 4.78 is 21.4. The zero-order chi connectivity index (χ0) is 12.5. The SMILES string of the molecule is CN(C)CCC(O)(P(=O)([O-])O)P(=O)([O-])O.[Ca+2]. The molecule has 0 aromatic carbocycles. The smallest absolute Gasteiger partial charge is 0.776 e. The van der Waals surface area contributed by atoms with Crippen molar-refractivity contribution in [3.63, 3.8) is 0 Å². The van der Waals surface area contributed by atoms with Crippen LogP contribution < -0.4 is 9.79 Å². The molecule has 0 aliphatic rings. The third kappa shape index (κ3) is 5.00. The number of aliphatic hydroxyl groups is 1. The molecule has 2 unspecified atom stereocenters. The van der Waals surface area contributed by atoms with Crippen molar-refractivity contribution < 1.29 is 33.8 Å². The van der Waals surface area contributed by atoms with E-state index in [0.717, 1.165) is 0 Å².